The minimum absolute atomic E-state index is 0.0800. The Hall–Kier alpha value is -1.74. The number of halogens is 4. The van der Waals surface area contributed by atoms with Crippen molar-refractivity contribution >= 4 is 32.0 Å². The van der Waals surface area contributed by atoms with Crippen LogP contribution in [0.15, 0.2) is 11.6 Å². The van der Waals surface area contributed by atoms with E-state index in [1.807, 2.05) is 13.8 Å². The Morgan fingerprint density at radius 1 is 0.902 bits per heavy atom. The first-order valence-corrected chi connectivity index (χ1v) is 16.9. The highest BCUT2D eigenvalue weighted by Gasteiger charge is 2.63. The van der Waals surface area contributed by atoms with E-state index in [4.69, 9.17) is 0 Å². The fourth-order valence-electron chi connectivity index (χ4n) is 7.62. The highest BCUT2D eigenvalue weighted by molar-refractivity contribution is 8.06. The highest BCUT2D eigenvalue weighted by atomic mass is 32.3. The topological polar surface area (TPSA) is 133 Å². The van der Waals surface area contributed by atoms with Gasteiger partial charge in [-0.1, -0.05) is 42.5 Å². The molecular weight excluding hydrogens is 594 g/mol. The standard InChI is InChI=1S/C26H37F4NO8S2/c1-17-9-19-5-3-7-23(11-17,13-19)15-38-21(32)25(27,28)40(34,35)31-41(36,37)26(29,30)22(33)39-16-24-8-4-6-20(14-24)10-18(2)12-24/h9,17-18,20,31H,3-8,10-16H2,1-2H3. The summed E-state index contributed by atoms with van der Waals surface area (Å²) in [6, 6.07) is 0. The smallest absolute Gasteiger partial charge is 0.455 e. The van der Waals surface area contributed by atoms with E-state index < -0.39 is 66.5 Å². The zero-order valence-electron chi connectivity index (χ0n) is 23.1. The molecule has 0 amide bonds. The summed E-state index contributed by atoms with van der Waals surface area (Å²) < 4.78 is 117. The lowest BCUT2D eigenvalue weighted by Gasteiger charge is -2.47. The monoisotopic (exact) mass is 631 g/mol. The summed E-state index contributed by atoms with van der Waals surface area (Å²) in [7, 11) is -13.2. The van der Waals surface area contributed by atoms with Crippen LogP contribution in [-0.2, 0) is 39.1 Å². The Morgan fingerprint density at radius 3 is 2.07 bits per heavy atom. The predicted molar refractivity (Wildman–Crippen MR) is 138 cm³/mol. The minimum Gasteiger partial charge on any atom is -0.460 e. The number of allylic oxidation sites excluding steroid dienone is 2. The van der Waals surface area contributed by atoms with Crippen LogP contribution in [0.1, 0.15) is 84.5 Å². The number of hydrogen-bond acceptors (Lipinski definition) is 8. The molecule has 5 unspecified atom stereocenters. The number of carbonyl (C=O) groups excluding carboxylic acids is 2. The number of nitrogens with one attached hydrogen (secondary N) is 1. The lowest BCUT2D eigenvalue weighted by Crippen LogP contribution is -2.54. The van der Waals surface area contributed by atoms with Crippen LogP contribution in [0.5, 0.6) is 0 Å². The number of esters is 2. The van der Waals surface area contributed by atoms with E-state index >= 15 is 0 Å². The molecule has 234 valence electrons. The second-order valence-corrected chi connectivity index (χ2v) is 16.5. The Morgan fingerprint density at radius 2 is 1.46 bits per heavy atom. The maximum absolute atomic E-state index is 14.7. The number of fused-ring (bicyclic) bond motifs is 4. The Balaban J connectivity index is 1.40. The summed E-state index contributed by atoms with van der Waals surface area (Å²) in [5, 5.41) is -11.1. The van der Waals surface area contributed by atoms with Crippen LogP contribution >= 0.6 is 0 Å². The molecule has 4 rings (SSSR count). The normalized spacial score (nSPS) is 32.5. The molecule has 0 saturated heterocycles. The van der Waals surface area contributed by atoms with Gasteiger partial charge in [-0.2, -0.15) is 17.6 Å². The van der Waals surface area contributed by atoms with Crippen LogP contribution < -0.4 is 4.13 Å². The van der Waals surface area contributed by atoms with E-state index in [1.165, 1.54) is 0 Å². The Labute approximate surface area is 237 Å². The first-order chi connectivity index (χ1) is 18.8. The number of sulfonamides is 2. The molecule has 4 bridgehead atoms. The van der Waals surface area contributed by atoms with Crippen molar-refractivity contribution in [3.63, 3.8) is 0 Å². The van der Waals surface area contributed by atoms with Gasteiger partial charge in [-0.3, -0.25) is 0 Å². The predicted octanol–water partition coefficient (Wildman–Crippen LogP) is 4.64. The van der Waals surface area contributed by atoms with Gasteiger partial charge >= 0.3 is 42.5 Å². The quantitative estimate of drug-likeness (QED) is 0.210. The fourth-order valence-corrected chi connectivity index (χ4v) is 10.2. The summed E-state index contributed by atoms with van der Waals surface area (Å²) in [4.78, 5) is 24.4. The van der Waals surface area contributed by atoms with Gasteiger partial charge in [-0.25, -0.2) is 26.4 Å². The average Bonchev–Trinajstić information content (AvgIpc) is 2.84. The summed E-state index contributed by atoms with van der Waals surface area (Å²) in [6.07, 6.45) is 9.55. The molecule has 4 aliphatic rings. The van der Waals surface area contributed by atoms with Gasteiger partial charge in [0.05, 0.1) is 13.2 Å². The van der Waals surface area contributed by atoms with Gasteiger partial charge in [-0.05, 0) is 75.5 Å². The first-order valence-electron chi connectivity index (χ1n) is 13.9. The van der Waals surface area contributed by atoms with E-state index in [2.05, 4.69) is 15.5 Å². The maximum Gasteiger partial charge on any atom is 0.455 e. The van der Waals surface area contributed by atoms with Crippen molar-refractivity contribution in [2.24, 2.45) is 28.6 Å². The zero-order valence-corrected chi connectivity index (χ0v) is 24.7. The van der Waals surface area contributed by atoms with Crippen molar-refractivity contribution in [1.29, 1.82) is 0 Å². The molecule has 0 aromatic heterocycles. The maximum atomic E-state index is 14.7. The summed E-state index contributed by atoms with van der Waals surface area (Å²) in [5.41, 5.74) is -0.216. The van der Waals surface area contributed by atoms with Crippen LogP contribution in [-0.4, -0.2) is 52.5 Å². The molecule has 3 fully saturated rings. The van der Waals surface area contributed by atoms with Gasteiger partial charge in [0.25, 0.3) is 0 Å². The lowest BCUT2D eigenvalue weighted by molar-refractivity contribution is -0.167. The summed E-state index contributed by atoms with van der Waals surface area (Å²) in [5.74, 6) is -4.55. The first kappa shape index (κ1) is 32.2. The molecule has 0 aliphatic heterocycles. The van der Waals surface area contributed by atoms with Gasteiger partial charge in [0.15, 0.2) is 0 Å². The highest BCUT2D eigenvalue weighted by Crippen LogP contribution is 2.51. The van der Waals surface area contributed by atoms with E-state index in [0.29, 0.717) is 44.4 Å². The van der Waals surface area contributed by atoms with Crippen LogP contribution in [0.25, 0.3) is 0 Å². The fraction of sp³-hybridized carbons (Fsp3) is 0.846. The van der Waals surface area contributed by atoms with E-state index in [-0.39, 0.29) is 16.0 Å². The van der Waals surface area contributed by atoms with Gasteiger partial charge in [-0.15, -0.1) is 0 Å². The van der Waals surface area contributed by atoms with Crippen molar-refractivity contribution in [3.05, 3.63) is 11.6 Å². The molecule has 0 radical (unpaired) electrons. The molecule has 3 saturated carbocycles. The number of ether oxygens (including phenoxy) is 2. The Bertz CT molecular complexity index is 1300. The van der Waals surface area contributed by atoms with Crippen LogP contribution in [0.3, 0.4) is 0 Å². The molecule has 4 aliphatic carbocycles. The molecule has 9 nitrogen and oxygen atoms in total. The molecular formula is C26H37F4NO8S2. The lowest BCUT2D eigenvalue weighted by atomic mass is 9.59. The third-order valence-electron chi connectivity index (χ3n) is 9.03. The molecule has 1 N–H and O–H groups in total. The Kier molecular flexibility index (Phi) is 8.69. The second kappa shape index (κ2) is 11.1. The van der Waals surface area contributed by atoms with E-state index in [1.54, 1.807) is 0 Å². The zero-order chi connectivity index (χ0) is 30.5. The van der Waals surface area contributed by atoms with Gasteiger partial charge in [0.2, 0.25) is 0 Å². The molecule has 0 aromatic rings. The third kappa shape index (κ3) is 6.46. The number of alkyl halides is 4. The number of hydrogen-bond donors (Lipinski definition) is 1. The minimum atomic E-state index is -6.62. The van der Waals surface area contributed by atoms with Crippen molar-refractivity contribution in [2.75, 3.05) is 13.2 Å². The van der Waals surface area contributed by atoms with Crippen molar-refractivity contribution in [2.45, 2.75) is 95.0 Å². The average molecular weight is 632 g/mol. The van der Waals surface area contributed by atoms with Crippen LogP contribution in [0.4, 0.5) is 17.6 Å². The molecule has 0 aromatic carbocycles. The van der Waals surface area contributed by atoms with Crippen molar-refractivity contribution < 1.29 is 53.5 Å². The molecule has 41 heavy (non-hydrogen) atoms. The largest absolute Gasteiger partial charge is 0.460 e. The van der Waals surface area contributed by atoms with E-state index in [9.17, 15) is 44.0 Å². The summed E-state index contributed by atoms with van der Waals surface area (Å²) in [6.45, 7) is 2.83. The van der Waals surface area contributed by atoms with E-state index in [0.717, 1.165) is 37.7 Å². The second-order valence-electron chi connectivity index (χ2n) is 12.8. The molecule has 5 atom stereocenters. The molecule has 0 spiro atoms. The number of rotatable bonds is 10. The van der Waals surface area contributed by atoms with Crippen LogP contribution in [0.2, 0.25) is 0 Å². The SMILES string of the molecule is CC1C=C2CCCC(COC(=O)C(F)(F)S(=O)(=O)NS(=O)(=O)C(F)(F)C(=O)OCC34CCCC(CC(C)C3)C4)(C2)C1. The van der Waals surface area contributed by atoms with Crippen molar-refractivity contribution in [3.8, 4) is 0 Å². The van der Waals surface area contributed by atoms with Crippen molar-refractivity contribution in [1.82, 2.24) is 4.13 Å². The summed E-state index contributed by atoms with van der Waals surface area (Å²) >= 11 is 0. The van der Waals surface area contributed by atoms with Crippen LogP contribution in [0, 0.1) is 28.6 Å². The van der Waals surface area contributed by atoms with Gasteiger partial charge in [0.1, 0.15) is 0 Å². The molecule has 0 heterocycles. The third-order valence-corrected chi connectivity index (χ3v) is 12.5. The number of carbonyl (C=O) groups is 2. The molecule has 15 heteroatoms. The van der Waals surface area contributed by atoms with Gasteiger partial charge in [0, 0.05) is 10.8 Å². The van der Waals surface area contributed by atoms with Gasteiger partial charge < -0.3 is 9.47 Å².